The highest BCUT2D eigenvalue weighted by Crippen LogP contribution is 2.30. The largest absolute Gasteiger partial charge is 0.298 e. The zero-order valence-corrected chi connectivity index (χ0v) is 10.3. The van der Waals surface area contributed by atoms with E-state index in [1.54, 1.807) is 24.3 Å². The highest BCUT2D eigenvalue weighted by Gasteiger charge is 2.02. The van der Waals surface area contributed by atoms with Gasteiger partial charge in [-0.2, -0.15) is 0 Å². The summed E-state index contributed by atoms with van der Waals surface area (Å²) < 4.78 is 13.0. The smallest absolute Gasteiger partial charge is 0.150 e. The van der Waals surface area contributed by atoms with Gasteiger partial charge in [0.15, 0.2) is 0 Å². The Balaban J connectivity index is 2.19. The van der Waals surface area contributed by atoms with Crippen LogP contribution in [-0.4, -0.2) is 6.29 Å². The summed E-state index contributed by atoms with van der Waals surface area (Å²) in [7, 11) is 0. The van der Waals surface area contributed by atoms with Crippen molar-refractivity contribution in [2.24, 2.45) is 0 Å². The number of halogens is 2. The molecule has 0 spiro atoms. The third-order valence-electron chi connectivity index (χ3n) is 2.14. The summed E-state index contributed by atoms with van der Waals surface area (Å²) in [5.41, 5.74) is 0.631. The van der Waals surface area contributed by atoms with Crippen LogP contribution in [0.3, 0.4) is 0 Å². The molecular weight excluding hydrogens is 259 g/mol. The van der Waals surface area contributed by atoms with E-state index in [9.17, 15) is 9.18 Å². The molecule has 0 saturated heterocycles. The third-order valence-corrected chi connectivity index (χ3v) is 3.43. The van der Waals surface area contributed by atoms with Crippen molar-refractivity contribution >= 4 is 29.6 Å². The van der Waals surface area contributed by atoms with Crippen molar-refractivity contribution in [2.75, 3.05) is 0 Å². The lowest BCUT2D eigenvalue weighted by Gasteiger charge is -2.03. The van der Waals surface area contributed by atoms with Crippen molar-refractivity contribution in [3.8, 4) is 0 Å². The van der Waals surface area contributed by atoms with Crippen LogP contribution in [0, 0.1) is 5.82 Å². The molecule has 1 nitrogen and oxygen atoms in total. The zero-order valence-electron chi connectivity index (χ0n) is 8.69. The molecule has 0 bridgehead atoms. The molecule has 17 heavy (non-hydrogen) atoms. The minimum atomic E-state index is -0.424. The minimum Gasteiger partial charge on any atom is -0.298 e. The molecule has 2 rings (SSSR count). The highest BCUT2D eigenvalue weighted by molar-refractivity contribution is 7.99. The SMILES string of the molecule is O=Cc1ccc(Sc2ccc(F)c(Cl)c2)cc1. The van der Waals surface area contributed by atoms with E-state index >= 15 is 0 Å². The summed E-state index contributed by atoms with van der Waals surface area (Å²) in [4.78, 5) is 12.3. The van der Waals surface area contributed by atoms with Crippen LogP contribution in [0.25, 0.3) is 0 Å². The van der Waals surface area contributed by atoms with Crippen LogP contribution in [0.4, 0.5) is 4.39 Å². The number of carbonyl (C=O) groups excluding carboxylic acids is 1. The van der Waals surface area contributed by atoms with Crippen molar-refractivity contribution in [2.45, 2.75) is 9.79 Å². The molecule has 0 heterocycles. The quantitative estimate of drug-likeness (QED) is 0.764. The Morgan fingerprint density at radius 3 is 2.29 bits per heavy atom. The van der Waals surface area contributed by atoms with Gasteiger partial charge in [-0.15, -0.1) is 0 Å². The van der Waals surface area contributed by atoms with Gasteiger partial charge in [0.05, 0.1) is 5.02 Å². The fourth-order valence-electron chi connectivity index (χ4n) is 1.29. The van der Waals surface area contributed by atoms with Crippen LogP contribution >= 0.6 is 23.4 Å². The maximum absolute atomic E-state index is 13.0. The van der Waals surface area contributed by atoms with E-state index in [2.05, 4.69) is 0 Å². The summed E-state index contributed by atoms with van der Waals surface area (Å²) in [6.07, 6.45) is 0.795. The van der Waals surface area contributed by atoms with Gasteiger partial charge < -0.3 is 0 Å². The van der Waals surface area contributed by atoms with E-state index in [0.29, 0.717) is 5.56 Å². The molecule has 2 aromatic carbocycles. The Hall–Kier alpha value is -1.32. The Bertz CT molecular complexity index is 540. The monoisotopic (exact) mass is 266 g/mol. The normalized spacial score (nSPS) is 10.2. The van der Waals surface area contributed by atoms with Gasteiger partial charge in [-0.05, 0) is 30.3 Å². The van der Waals surface area contributed by atoms with Gasteiger partial charge >= 0.3 is 0 Å². The Labute approximate surface area is 108 Å². The summed E-state index contributed by atoms with van der Waals surface area (Å²) in [5, 5.41) is 0.111. The van der Waals surface area contributed by atoms with E-state index in [0.717, 1.165) is 16.1 Å². The first-order valence-corrected chi connectivity index (χ1v) is 6.06. The molecule has 0 fully saturated rings. The molecule has 0 radical (unpaired) electrons. The summed E-state index contributed by atoms with van der Waals surface area (Å²) in [5.74, 6) is -0.424. The minimum absolute atomic E-state index is 0.111. The maximum atomic E-state index is 13.0. The van der Waals surface area contributed by atoms with Crippen LogP contribution in [0.5, 0.6) is 0 Å². The number of rotatable bonds is 3. The standard InChI is InChI=1S/C13H8ClFOS/c14-12-7-11(5-6-13(12)15)17-10-3-1-9(8-16)2-4-10/h1-8H. The van der Waals surface area contributed by atoms with Gasteiger partial charge in [-0.25, -0.2) is 4.39 Å². The van der Waals surface area contributed by atoms with Gasteiger partial charge in [0.25, 0.3) is 0 Å². The van der Waals surface area contributed by atoms with Gasteiger partial charge in [-0.1, -0.05) is 35.5 Å². The summed E-state index contributed by atoms with van der Waals surface area (Å²) >= 11 is 7.16. The van der Waals surface area contributed by atoms with Gasteiger partial charge in [-0.3, -0.25) is 4.79 Å². The molecule has 0 aromatic heterocycles. The molecule has 0 N–H and O–H groups in total. The third kappa shape index (κ3) is 3.08. The fourth-order valence-corrected chi connectivity index (χ4v) is 2.39. The van der Waals surface area contributed by atoms with Crippen molar-refractivity contribution in [1.82, 2.24) is 0 Å². The zero-order chi connectivity index (χ0) is 12.3. The second-order valence-corrected chi connectivity index (χ2v) is 4.92. The fraction of sp³-hybridized carbons (Fsp3) is 0. The summed E-state index contributed by atoms with van der Waals surface area (Å²) in [6, 6.07) is 11.7. The predicted octanol–water partition coefficient (Wildman–Crippen LogP) is 4.44. The molecule has 0 aliphatic heterocycles. The first-order valence-electron chi connectivity index (χ1n) is 4.87. The van der Waals surface area contributed by atoms with Crippen LogP contribution in [0.2, 0.25) is 5.02 Å². The number of hydrogen-bond acceptors (Lipinski definition) is 2. The molecule has 4 heteroatoms. The van der Waals surface area contributed by atoms with Crippen molar-refractivity contribution in [3.63, 3.8) is 0 Å². The van der Waals surface area contributed by atoms with E-state index < -0.39 is 5.82 Å². The topological polar surface area (TPSA) is 17.1 Å². The summed E-state index contributed by atoms with van der Waals surface area (Å²) in [6.45, 7) is 0. The predicted molar refractivity (Wildman–Crippen MR) is 67.4 cm³/mol. The molecule has 0 aliphatic carbocycles. The molecular formula is C13H8ClFOS. The van der Waals surface area contributed by atoms with Gasteiger partial charge in [0.1, 0.15) is 12.1 Å². The first kappa shape index (κ1) is 12.1. The van der Waals surface area contributed by atoms with Crippen molar-refractivity contribution in [3.05, 3.63) is 58.9 Å². The Morgan fingerprint density at radius 2 is 1.71 bits per heavy atom. The molecule has 0 saturated carbocycles. The van der Waals surface area contributed by atoms with Crippen LogP contribution in [0.15, 0.2) is 52.3 Å². The number of benzene rings is 2. The molecule has 2 aromatic rings. The highest BCUT2D eigenvalue weighted by atomic mass is 35.5. The van der Waals surface area contributed by atoms with Crippen LogP contribution < -0.4 is 0 Å². The lowest BCUT2D eigenvalue weighted by atomic mass is 10.2. The second kappa shape index (κ2) is 5.34. The van der Waals surface area contributed by atoms with Crippen LogP contribution in [0.1, 0.15) is 10.4 Å². The number of carbonyl (C=O) groups is 1. The van der Waals surface area contributed by atoms with E-state index in [4.69, 9.17) is 11.6 Å². The van der Waals surface area contributed by atoms with E-state index in [-0.39, 0.29) is 5.02 Å². The molecule has 0 unspecified atom stereocenters. The van der Waals surface area contributed by atoms with Gasteiger partial charge in [0, 0.05) is 15.4 Å². The Kier molecular flexibility index (Phi) is 3.82. The van der Waals surface area contributed by atoms with Crippen LogP contribution in [-0.2, 0) is 0 Å². The lowest BCUT2D eigenvalue weighted by Crippen LogP contribution is -1.80. The van der Waals surface area contributed by atoms with E-state index in [1.807, 2.05) is 12.1 Å². The van der Waals surface area contributed by atoms with E-state index in [1.165, 1.54) is 17.8 Å². The molecule has 0 atom stereocenters. The van der Waals surface area contributed by atoms with Crippen molar-refractivity contribution < 1.29 is 9.18 Å². The molecule has 0 amide bonds. The lowest BCUT2D eigenvalue weighted by molar-refractivity contribution is 0.112. The maximum Gasteiger partial charge on any atom is 0.150 e. The molecule has 86 valence electrons. The molecule has 0 aliphatic rings. The average molecular weight is 267 g/mol. The number of aldehydes is 1. The second-order valence-electron chi connectivity index (χ2n) is 3.36. The average Bonchev–Trinajstić information content (AvgIpc) is 2.35. The first-order chi connectivity index (χ1) is 8.19. The number of hydrogen-bond donors (Lipinski definition) is 0. The Morgan fingerprint density at radius 1 is 1.06 bits per heavy atom. The van der Waals surface area contributed by atoms with Crippen molar-refractivity contribution in [1.29, 1.82) is 0 Å². The van der Waals surface area contributed by atoms with Gasteiger partial charge in [0.2, 0.25) is 0 Å².